The molecule has 3 rings (SSSR count). The Labute approximate surface area is 203 Å². The molecule has 0 aliphatic heterocycles. The zero-order chi connectivity index (χ0) is 24.1. The van der Waals surface area contributed by atoms with Crippen molar-refractivity contribution < 1.29 is 24.5 Å². The number of fused-ring (bicyclic) bond motifs is 1. The molecule has 2 heterocycles. The smallest absolute Gasteiger partial charge is 0.258 e. The molecule has 0 spiro atoms. The Bertz CT molecular complexity index is 1230. The number of amides is 1. The lowest BCUT2D eigenvalue weighted by Crippen LogP contribution is -2.31. The second kappa shape index (κ2) is 11.0. The number of aliphatic hydroxyl groups excluding tert-OH is 2. The van der Waals surface area contributed by atoms with Crippen molar-refractivity contribution in [2.75, 3.05) is 33.0 Å². The molecule has 0 atom stereocenters. The van der Waals surface area contributed by atoms with E-state index < -0.39 is 17.9 Å². The first-order valence-electron chi connectivity index (χ1n) is 9.72. The first kappa shape index (κ1) is 25.1. The molecule has 0 bridgehead atoms. The van der Waals surface area contributed by atoms with E-state index in [2.05, 4.69) is 10.3 Å². The van der Waals surface area contributed by atoms with Crippen LogP contribution in [0.2, 0.25) is 15.1 Å². The second-order valence-electron chi connectivity index (χ2n) is 6.79. The molecule has 0 unspecified atom stereocenters. The van der Waals surface area contributed by atoms with Crippen molar-refractivity contribution in [2.45, 2.75) is 6.92 Å². The molecule has 33 heavy (non-hydrogen) atoms. The Kier molecular flexibility index (Phi) is 8.39. The van der Waals surface area contributed by atoms with Crippen molar-refractivity contribution >= 4 is 51.6 Å². The van der Waals surface area contributed by atoms with Crippen LogP contribution in [0.15, 0.2) is 29.2 Å². The lowest BCUT2D eigenvalue weighted by molar-refractivity contribution is -0.123. The highest BCUT2D eigenvalue weighted by Gasteiger charge is 2.21. The number of rotatable bonds is 9. The number of aryl methyl sites for hydroxylation is 1. The molecule has 3 aromatic rings. The van der Waals surface area contributed by atoms with E-state index >= 15 is 0 Å². The summed E-state index contributed by atoms with van der Waals surface area (Å²) in [5.74, 6) is -0.232. The van der Waals surface area contributed by atoms with Crippen LogP contribution >= 0.6 is 34.8 Å². The van der Waals surface area contributed by atoms with Gasteiger partial charge in [-0.15, -0.1) is 0 Å². The van der Waals surface area contributed by atoms with Gasteiger partial charge >= 0.3 is 0 Å². The van der Waals surface area contributed by atoms with Crippen LogP contribution in [0.1, 0.15) is 5.69 Å². The van der Waals surface area contributed by atoms with Crippen molar-refractivity contribution in [3.8, 4) is 17.3 Å². The van der Waals surface area contributed by atoms with Gasteiger partial charge in [-0.25, -0.2) is 4.98 Å². The van der Waals surface area contributed by atoms with Gasteiger partial charge in [-0.05, 0) is 6.92 Å². The van der Waals surface area contributed by atoms with E-state index in [4.69, 9.17) is 54.5 Å². The summed E-state index contributed by atoms with van der Waals surface area (Å²) in [4.78, 5) is 28.8. The number of hydrogen-bond donors (Lipinski definition) is 3. The Morgan fingerprint density at radius 1 is 1.09 bits per heavy atom. The minimum absolute atomic E-state index is 0.0378. The normalized spacial score (nSPS) is 11.0. The first-order chi connectivity index (χ1) is 15.8. The van der Waals surface area contributed by atoms with Gasteiger partial charge in [-0.1, -0.05) is 34.8 Å². The van der Waals surface area contributed by atoms with E-state index in [0.717, 1.165) is 0 Å². The summed E-state index contributed by atoms with van der Waals surface area (Å²) in [5, 5.41) is 20.8. The summed E-state index contributed by atoms with van der Waals surface area (Å²) in [5.41, 5.74) is 0.655. The summed E-state index contributed by atoms with van der Waals surface area (Å²) in [6, 6.07) is 4.40. The maximum absolute atomic E-state index is 12.9. The average Bonchev–Trinajstić information content (AvgIpc) is 2.77. The molecule has 176 valence electrons. The number of carbonyl (C=O) groups is 1. The third-order valence-corrected chi connectivity index (χ3v) is 5.34. The largest absolute Gasteiger partial charge is 0.491 e. The summed E-state index contributed by atoms with van der Waals surface area (Å²) >= 11 is 19.5. The van der Waals surface area contributed by atoms with Gasteiger partial charge < -0.3 is 29.6 Å². The van der Waals surface area contributed by atoms with Crippen molar-refractivity contribution in [3.05, 3.63) is 55.4 Å². The number of carbonyl (C=O) groups excluding carboxylic acids is 1. The van der Waals surface area contributed by atoms with Gasteiger partial charge in [0.05, 0.1) is 45.7 Å². The highest BCUT2D eigenvalue weighted by molar-refractivity contribution is 6.39. The van der Waals surface area contributed by atoms with Crippen LogP contribution in [0.5, 0.6) is 11.6 Å². The molecular weight excluding hydrogens is 497 g/mol. The van der Waals surface area contributed by atoms with Gasteiger partial charge in [-0.3, -0.25) is 9.59 Å². The average molecular weight is 517 g/mol. The van der Waals surface area contributed by atoms with Crippen LogP contribution in [-0.4, -0.2) is 58.6 Å². The third kappa shape index (κ3) is 5.51. The van der Waals surface area contributed by atoms with E-state index in [9.17, 15) is 9.59 Å². The Morgan fingerprint density at radius 2 is 1.79 bits per heavy atom. The van der Waals surface area contributed by atoms with Gasteiger partial charge in [0.25, 0.3) is 5.91 Å². The zero-order valence-electron chi connectivity index (χ0n) is 17.4. The van der Waals surface area contributed by atoms with Crippen LogP contribution in [0.4, 0.5) is 0 Å². The predicted molar refractivity (Wildman–Crippen MR) is 125 cm³/mol. The monoisotopic (exact) mass is 515 g/mol. The number of ether oxygens (including phenoxy) is 2. The number of benzene rings is 1. The summed E-state index contributed by atoms with van der Waals surface area (Å²) in [6.07, 6.45) is 1.29. The van der Waals surface area contributed by atoms with E-state index in [-0.39, 0.29) is 58.2 Å². The molecule has 9 nitrogen and oxygen atoms in total. The second-order valence-corrected chi connectivity index (χ2v) is 8.01. The highest BCUT2D eigenvalue weighted by atomic mass is 35.5. The summed E-state index contributed by atoms with van der Waals surface area (Å²) in [6.45, 7) is 1.000. The maximum atomic E-state index is 12.9. The van der Waals surface area contributed by atoms with Crippen molar-refractivity contribution in [2.24, 2.45) is 0 Å². The number of halogens is 3. The third-order valence-electron chi connectivity index (χ3n) is 4.48. The van der Waals surface area contributed by atoms with Crippen molar-refractivity contribution in [3.63, 3.8) is 0 Å². The number of nitrogens with zero attached hydrogens (tertiary/aromatic N) is 2. The number of pyridine rings is 2. The fourth-order valence-corrected chi connectivity index (χ4v) is 4.05. The van der Waals surface area contributed by atoms with Crippen molar-refractivity contribution in [1.29, 1.82) is 0 Å². The van der Waals surface area contributed by atoms with E-state index in [1.807, 2.05) is 0 Å². The Balaban J connectivity index is 2.16. The van der Waals surface area contributed by atoms with Gasteiger partial charge in [0.2, 0.25) is 5.88 Å². The zero-order valence-corrected chi connectivity index (χ0v) is 19.7. The van der Waals surface area contributed by atoms with E-state index in [0.29, 0.717) is 17.1 Å². The quantitative estimate of drug-likeness (QED) is 0.399. The number of hydrogen-bond acceptors (Lipinski definition) is 7. The molecular formula is C21H20Cl3N3O6. The molecule has 3 N–H and O–H groups in total. The molecule has 0 fully saturated rings. The molecule has 0 aliphatic rings. The number of aromatic nitrogens is 2. The molecule has 0 saturated heterocycles. The molecule has 1 amide bonds. The van der Waals surface area contributed by atoms with Crippen LogP contribution in [0.25, 0.3) is 16.6 Å². The Morgan fingerprint density at radius 3 is 2.42 bits per heavy atom. The molecule has 2 aromatic heterocycles. The SMILES string of the molecule is Cc1cc(=O)c2c(OCC(=O)NCCO)ncc(Cl)c2n1-c1c(Cl)cc(OCCO)cc1Cl. The summed E-state index contributed by atoms with van der Waals surface area (Å²) in [7, 11) is 0. The minimum Gasteiger partial charge on any atom is -0.491 e. The number of aliphatic hydroxyl groups is 2. The standard InChI is InChI=1S/C21H20Cl3N3O6/c1-11-6-16(30)18-20(15(24)9-26-21(18)33-10-17(31)25-2-3-28)27(11)19-13(22)7-12(8-14(19)23)32-5-4-29/h6-9,28-29H,2-5,10H2,1H3,(H,25,31). The van der Waals surface area contributed by atoms with Crippen LogP contribution in [0, 0.1) is 6.92 Å². The first-order valence-corrected chi connectivity index (χ1v) is 10.9. The predicted octanol–water partition coefficient (Wildman–Crippen LogP) is 2.51. The molecule has 1 aromatic carbocycles. The maximum Gasteiger partial charge on any atom is 0.258 e. The fourth-order valence-electron chi connectivity index (χ4n) is 3.19. The highest BCUT2D eigenvalue weighted by Crippen LogP contribution is 2.38. The van der Waals surface area contributed by atoms with Gasteiger partial charge in [0.15, 0.2) is 12.0 Å². The lowest BCUT2D eigenvalue weighted by Gasteiger charge is -2.20. The topological polar surface area (TPSA) is 123 Å². The molecule has 0 saturated carbocycles. The molecule has 0 aliphatic carbocycles. The molecule has 12 heteroatoms. The van der Waals surface area contributed by atoms with Crippen LogP contribution in [-0.2, 0) is 4.79 Å². The number of nitrogens with one attached hydrogen (secondary N) is 1. The fraction of sp³-hybridized carbons (Fsp3) is 0.286. The van der Waals surface area contributed by atoms with Crippen molar-refractivity contribution in [1.82, 2.24) is 14.9 Å². The Hall–Kier alpha value is -2.56. The van der Waals surface area contributed by atoms with Crippen LogP contribution < -0.4 is 20.2 Å². The van der Waals surface area contributed by atoms with E-state index in [1.54, 1.807) is 11.5 Å². The van der Waals surface area contributed by atoms with Gasteiger partial charge in [-0.2, -0.15) is 0 Å². The van der Waals surface area contributed by atoms with Crippen LogP contribution in [0.3, 0.4) is 0 Å². The van der Waals surface area contributed by atoms with Gasteiger partial charge in [0.1, 0.15) is 17.7 Å². The van der Waals surface area contributed by atoms with Gasteiger partial charge in [0, 0.05) is 30.4 Å². The minimum atomic E-state index is -0.494. The van der Waals surface area contributed by atoms with E-state index in [1.165, 1.54) is 24.4 Å². The lowest BCUT2D eigenvalue weighted by atomic mass is 10.2. The molecule has 0 radical (unpaired) electrons. The summed E-state index contributed by atoms with van der Waals surface area (Å²) < 4.78 is 12.5.